The highest BCUT2D eigenvalue weighted by atomic mass is 16.5. The van der Waals surface area contributed by atoms with E-state index < -0.39 is 0 Å². The van der Waals surface area contributed by atoms with E-state index in [-0.39, 0.29) is 5.97 Å². The number of hydrogen-bond donors (Lipinski definition) is 0. The highest BCUT2D eigenvalue weighted by Crippen LogP contribution is 2.28. The van der Waals surface area contributed by atoms with E-state index in [4.69, 9.17) is 4.74 Å². The minimum atomic E-state index is -0.361. The Kier molecular flexibility index (Phi) is 3.49. The molecule has 4 nitrogen and oxygen atoms in total. The zero-order chi connectivity index (χ0) is 11.4. The van der Waals surface area contributed by atoms with Gasteiger partial charge in [0.15, 0.2) is 5.69 Å². The Balaban J connectivity index is 2.03. The van der Waals surface area contributed by atoms with Crippen LogP contribution >= 0.6 is 0 Å². The fourth-order valence-corrected chi connectivity index (χ4v) is 1.77. The summed E-state index contributed by atoms with van der Waals surface area (Å²) in [7, 11) is 0. The van der Waals surface area contributed by atoms with Gasteiger partial charge in [-0.15, -0.1) is 0 Å². The van der Waals surface area contributed by atoms with Gasteiger partial charge in [0.2, 0.25) is 0 Å². The van der Waals surface area contributed by atoms with Gasteiger partial charge in [-0.25, -0.2) is 14.8 Å². The maximum absolute atomic E-state index is 11.5. The van der Waals surface area contributed by atoms with Crippen LogP contribution in [0.4, 0.5) is 0 Å². The molecule has 0 unspecified atom stereocenters. The molecule has 0 bridgehead atoms. The van der Waals surface area contributed by atoms with Crippen LogP contribution in [-0.4, -0.2) is 22.5 Å². The molecular formula is C12H16N2O2. The molecule has 0 aromatic carbocycles. The number of rotatable bonds is 4. The van der Waals surface area contributed by atoms with Gasteiger partial charge in [0.1, 0.15) is 5.82 Å². The van der Waals surface area contributed by atoms with Gasteiger partial charge >= 0.3 is 5.97 Å². The van der Waals surface area contributed by atoms with Gasteiger partial charge in [-0.3, -0.25) is 0 Å². The summed E-state index contributed by atoms with van der Waals surface area (Å²) in [6.07, 6.45) is 6.34. The summed E-state index contributed by atoms with van der Waals surface area (Å²) in [5.41, 5.74) is 0.367. The van der Waals surface area contributed by atoms with Crippen molar-refractivity contribution in [1.29, 1.82) is 0 Å². The average Bonchev–Trinajstić information content (AvgIpc) is 2.24. The maximum Gasteiger partial charge on any atom is 0.357 e. The summed E-state index contributed by atoms with van der Waals surface area (Å²) in [6.45, 7) is 2.16. The van der Waals surface area contributed by atoms with E-state index in [0.29, 0.717) is 18.2 Å². The number of hydrogen-bond acceptors (Lipinski definition) is 4. The van der Waals surface area contributed by atoms with Gasteiger partial charge in [-0.1, -0.05) is 19.3 Å². The molecule has 0 radical (unpaired) electrons. The molecule has 1 aliphatic carbocycles. The first-order valence-corrected chi connectivity index (χ1v) is 5.78. The number of nitrogens with zero attached hydrogens (tertiary/aromatic N) is 2. The highest BCUT2D eigenvalue weighted by Gasteiger charge is 2.19. The van der Waals surface area contributed by atoms with Crippen LogP contribution in [0.1, 0.15) is 42.5 Å². The van der Waals surface area contributed by atoms with Crippen LogP contribution in [0, 0.1) is 5.92 Å². The second kappa shape index (κ2) is 5.05. The van der Waals surface area contributed by atoms with E-state index >= 15 is 0 Å². The number of aromatic nitrogens is 2. The second-order valence-corrected chi connectivity index (χ2v) is 4.08. The first-order valence-electron chi connectivity index (χ1n) is 5.78. The Hall–Kier alpha value is -1.45. The molecule has 0 saturated heterocycles. The van der Waals surface area contributed by atoms with Gasteiger partial charge in [0.05, 0.1) is 6.61 Å². The van der Waals surface area contributed by atoms with Crippen molar-refractivity contribution < 1.29 is 9.53 Å². The van der Waals surface area contributed by atoms with Crippen LogP contribution in [0.2, 0.25) is 0 Å². The van der Waals surface area contributed by atoms with E-state index in [0.717, 1.165) is 12.2 Å². The van der Waals surface area contributed by atoms with E-state index in [2.05, 4.69) is 9.97 Å². The van der Waals surface area contributed by atoms with Crippen molar-refractivity contribution in [3.63, 3.8) is 0 Å². The van der Waals surface area contributed by atoms with Crippen LogP contribution in [0.15, 0.2) is 12.3 Å². The number of ether oxygens (including phenoxy) is 1. The molecule has 86 valence electrons. The zero-order valence-corrected chi connectivity index (χ0v) is 9.48. The number of carbonyl (C=O) groups is 1. The first-order chi connectivity index (χ1) is 7.79. The minimum Gasteiger partial charge on any atom is -0.461 e. The van der Waals surface area contributed by atoms with Gasteiger partial charge in [0.25, 0.3) is 0 Å². The second-order valence-electron chi connectivity index (χ2n) is 4.08. The molecular weight excluding hydrogens is 204 g/mol. The third-order valence-corrected chi connectivity index (χ3v) is 2.89. The molecule has 4 heteroatoms. The van der Waals surface area contributed by atoms with E-state index in [1.54, 1.807) is 19.2 Å². The van der Waals surface area contributed by atoms with Crippen LogP contribution in [0.5, 0.6) is 0 Å². The fourth-order valence-electron chi connectivity index (χ4n) is 1.77. The monoisotopic (exact) mass is 220 g/mol. The Morgan fingerprint density at radius 1 is 1.56 bits per heavy atom. The average molecular weight is 220 g/mol. The molecule has 0 atom stereocenters. The minimum absolute atomic E-state index is 0.361. The molecule has 1 heterocycles. The molecule has 1 saturated carbocycles. The SMILES string of the molecule is CCOC(=O)c1ccnc(CC2CCC2)n1. The quantitative estimate of drug-likeness (QED) is 0.728. The molecule has 1 fully saturated rings. The maximum atomic E-state index is 11.5. The van der Waals surface area contributed by atoms with Crippen molar-refractivity contribution in [3.05, 3.63) is 23.8 Å². The Morgan fingerprint density at radius 2 is 2.38 bits per heavy atom. The number of esters is 1. The molecule has 1 aliphatic rings. The Labute approximate surface area is 95.1 Å². The highest BCUT2D eigenvalue weighted by molar-refractivity contribution is 5.87. The van der Waals surface area contributed by atoms with Crippen LogP contribution in [0.25, 0.3) is 0 Å². The summed E-state index contributed by atoms with van der Waals surface area (Å²) < 4.78 is 4.90. The molecule has 0 N–H and O–H groups in total. The van der Waals surface area contributed by atoms with E-state index in [1.165, 1.54) is 19.3 Å². The molecule has 0 spiro atoms. The summed E-state index contributed by atoms with van der Waals surface area (Å²) >= 11 is 0. The third kappa shape index (κ3) is 2.56. The molecule has 2 rings (SSSR count). The molecule has 0 amide bonds. The smallest absolute Gasteiger partial charge is 0.357 e. The van der Waals surface area contributed by atoms with Crippen molar-refractivity contribution in [2.24, 2.45) is 5.92 Å². The van der Waals surface area contributed by atoms with Crippen LogP contribution in [0.3, 0.4) is 0 Å². The first kappa shape index (κ1) is 11.0. The summed E-state index contributed by atoms with van der Waals surface area (Å²) in [5, 5.41) is 0. The predicted molar refractivity (Wildman–Crippen MR) is 59.0 cm³/mol. The lowest BCUT2D eigenvalue weighted by Crippen LogP contribution is -2.17. The van der Waals surface area contributed by atoms with Crippen LogP contribution in [-0.2, 0) is 11.2 Å². The van der Waals surface area contributed by atoms with Crippen molar-refractivity contribution in [3.8, 4) is 0 Å². The standard InChI is InChI=1S/C12H16N2O2/c1-2-16-12(15)10-6-7-13-11(14-10)8-9-4-3-5-9/h6-7,9H,2-5,8H2,1H3. The fraction of sp³-hybridized carbons (Fsp3) is 0.583. The number of carbonyl (C=O) groups excluding carboxylic acids is 1. The predicted octanol–water partition coefficient (Wildman–Crippen LogP) is 2.00. The summed E-state index contributed by atoms with van der Waals surface area (Å²) in [6, 6.07) is 1.60. The van der Waals surface area contributed by atoms with Gasteiger partial charge in [0, 0.05) is 12.6 Å². The largest absolute Gasteiger partial charge is 0.461 e. The Morgan fingerprint density at radius 3 is 3.00 bits per heavy atom. The lowest BCUT2D eigenvalue weighted by Gasteiger charge is -2.24. The van der Waals surface area contributed by atoms with Crippen LogP contribution < -0.4 is 0 Å². The summed E-state index contributed by atoms with van der Waals surface area (Å²) in [4.78, 5) is 19.9. The van der Waals surface area contributed by atoms with E-state index in [9.17, 15) is 4.79 Å². The molecule has 16 heavy (non-hydrogen) atoms. The van der Waals surface area contributed by atoms with Gasteiger partial charge in [-0.2, -0.15) is 0 Å². The van der Waals surface area contributed by atoms with Gasteiger partial charge in [-0.05, 0) is 18.9 Å². The molecule has 0 aliphatic heterocycles. The zero-order valence-electron chi connectivity index (χ0n) is 9.48. The third-order valence-electron chi connectivity index (χ3n) is 2.89. The molecule has 1 aromatic heterocycles. The van der Waals surface area contributed by atoms with Crippen molar-refractivity contribution in [2.75, 3.05) is 6.61 Å². The topological polar surface area (TPSA) is 52.1 Å². The van der Waals surface area contributed by atoms with E-state index in [1.807, 2.05) is 0 Å². The van der Waals surface area contributed by atoms with Crippen molar-refractivity contribution in [2.45, 2.75) is 32.6 Å². The van der Waals surface area contributed by atoms with Crippen molar-refractivity contribution in [1.82, 2.24) is 9.97 Å². The lowest BCUT2D eigenvalue weighted by molar-refractivity contribution is 0.0518. The normalized spacial score (nSPS) is 15.6. The Bertz CT molecular complexity index is 375. The summed E-state index contributed by atoms with van der Waals surface area (Å²) in [5.74, 6) is 1.10. The van der Waals surface area contributed by atoms with Crippen molar-refractivity contribution >= 4 is 5.97 Å². The lowest BCUT2D eigenvalue weighted by atomic mass is 9.83. The van der Waals surface area contributed by atoms with Gasteiger partial charge < -0.3 is 4.74 Å². The molecule has 1 aromatic rings.